The van der Waals surface area contributed by atoms with E-state index in [-0.39, 0.29) is 12.5 Å². The summed E-state index contributed by atoms with van der Waals surface area (Å²) in [5.41, 5.74) is 7.53. The molecule has 0 saturated carbocycles. The molecule has 1 aliphatic rings. The molecule has 0 fully saturated rings. The van der Waals surface area contributed by atoms with Gasteiger partial charge in [0.05, 0.1) is 0 Å². The van der Waals surface area contributed by atoms with Gasteiger partial charge in [-0.2, -0.15) is 0 Å². The number of hydrogen-bond acceptors (Lipinski definition) is 3. The zero-order chi connectivity index (χ0) is 17.1. The van der Waals surface area contributed by atoms with E-state index >= 15 is 0 Å². The monoisotopic (exact) mass is 436 g/mol. The summed E-state index contributed by atoms with van der Waals surface area (Å²) in [6.45, 7) is 0.574. The smallest absolute Gasteiger partial charge is 0.264 e. The van der Waals surface area contributed by atoms with Crippen LogP contribution in [0.4, 0.5) is 5.69 Å². The first kappa shape index (κ1) is 16.8. The molecule has 24 heavy (non-hydrogen) atoms. The fourth-order valence-corrected chi connectivity index (χ4v) is 3.23. The number of carbonyl (C=O) groups excluding carboxylic acids is 2. The summed E-state index contributed by atoms with van der Waals surface area (Å²) in [6.07, 6.45) is 1.54. The Kier molecular flexibility index (Phi) is 5.03. The van der Waals surface area contributed by atoms with Gasteiger partial charge in [0.1, 0.15) is 5.75 Å². The lowest BCUT2D eigenvalue weighted by molar-refractivity contribution is -0.120. The highest BCUT2D eigenvalue weighted by atomic mass is 127. The van der Waals surface area contributed by atoms with Crippen molar-refractivity contribution in [2.45, 2.75) is 12.8 Å². The molecular formula is C18H17IN2O3. The number of benzene rings is 2. The van der Waals surface area contributed by atoms with E-state index in [1.165, 1.54) is 0 Å². The fourth-order valence-electron chi connectivity index (χ4n) is 2.87. The van der Waals surface area contributed by atoms with Gasteiger partial charge in [-0.1, -0.05) is 6.07 Å². The Hall–Kier alpha value is -2.09. The van der Waals surface area contributed by atoms with Crippen LogP contribution in [-0.2, 0) is 11.2 Å². The zero-order valence-corrected chi connectivity index (χ0v) is 15.2. The van der Waals surface area contributed by atoms with Gasteiger partial charge < -0.3 is 15.4 Å². The molecule has 124 valence electrons. The highest BCUT2D eigenvalue weighted by molar-refractivity contribution is 14.1. The Bertz CT molecular complexity index is 774. The van der Waals surface area contributed by atoms with Gasteiger partial charge in [0.25, 0.3) is 5.91 Å². The maximum Gasteiger partial charge on any atom is 0.264 e. The number of nitrogens with zero attached hydrogens (tertiary/aromatic N) is 1. The first-order valence-electron chi connectivity index (χ1n) is 7.66. The van der Waals surface area contributed by atoms with Crippen LogP contribution in [0.3, 0.4) is 0 Å². The maximum atomic E-state index is 12.6. The number of hydrogen-bond donors (Lipinski definition) is 1. The number of primary amides is 1. The van der Waals surface area contributed by atoms with Crippen LogP contribution in [0.1, 0.15) is 22.3 Å². The van der Waals surface area contributed by atoms with Gasteiger partial charge in [0.2, 0.25) is 5.91 Å². The summed E-state index contributed by atoms with van der Waals surface area (Å²) >= 11 is 2.21. The third-order valence-electron chi connectivity index (χ3n) is 3.99. The number of anilines is 1. The minimum absolute atomic E-state index is 0.0408. The number of ether oxygens (including phenoxy) is 1. The summed E-state index contributed by atoms with van der Waals surface area (Å²) in [6, 6.07) is 12.8. The van der Waals surface area contributed by atoms with E-state index < -0.39 is 5.91 Å². The Labute approximate surface area is 153 Å². The highest BCUT2D eigenvalue weighted by Crippen LogP contribution is 2.30. The van der Waals surface area contributed by atoms with Crippen molar-refractivity contribution in [2.24, 2.45) is 5.73 Å². The number of nitrogens with two attached hydrogens (primary N) is 1. The van der Waals surface area contributed by atoms with Gasteiger partial charge in [-0.3, -0.25) is 9.59 Å². The van der Waals surface area contributed by atoms with Crippen molar-refractivity contribution in [2.75, 3.05) is 18.1 Å². The second-order valence-electron chi connectivity index (χ2n) is 5.56. The van der Waals surface area contributed by atoms with E-state index in [2.05, 4.69) is 22.6 Å². The second-order valence-corrected chi connectivity index (χ2v) is 6.80. The molecule has 3 rings (SSSR count). The lowest BCUT2D eigenvalue weighted by atomic mass is 9.96. The van der Waals surface area contributed by atoms with E-state index in [0.29, 0.717) is 17.9 Å². The average molecular weight is 436 g/mol. The van der Waals surface area contributed by atoms with E-state index in [0.717, 1.165) is 27.7 Å². The molecule has 0 radical (unpaired) electrons. The normalized spacial score (nSPS) is 13.3. The van der Waals surface area contributed by atoms with Crippen LogP contribution in [0.25, 0.3) is 0 Å². The molecule has 0 spiro atoms. The molecule has 0 saturated heterocycles. The number of halogens is 1. The molecular weight excluding hydrogens is 419 g/mol. The molecule has 0 atom stereocenters. The number of amides is 2. The van der Waals surface area contributed by atoms with Crippen molar-refractivity contribution in [1.29, 1.82) is 0 Å². The maximum absolute atomic E-state index is 12.6. The number of fused-ring (bicyclic) bond motifs is 1. The van der Waals surface area contributed by atoms with Gasteiger partial charge in [0, 0.05) is 21.4 Å². The number of rotatable bonds is 4. The first-order valence-corrected chi connectivity index (χ1v) is 8.74. The fraction of sp³-hybridized carbons (Fsp3) is 0.222. The number of carbonyl (C=O) groups is 2. The Morgan fingerprint density at radius 1 is 1.17 bits per heavy atom. The summed E-state index contributed by atoms with van der Waals surface area (Å²) < 4.78 is 6.69. The molecule has 6 heteroatoms. The molecule has 2 N–H and O–H groups in total. The van der Waals surface area contributed by atoms with Crippen molar-refractivity contribution < 1.29 is 14.3 Å². The van der Waals surface area contributed by atoms with Crippen molar-refractivity contribution in [1.82, 2.24) is 0 Å². The molecule has 1 heterocycles. The molecule has 0 bridgehead atoms. The minimum atomic E-state index is -0.462. The molecule has 2 aromatic rings. The van der Waals surface area contributed by atoms with Gasteiger partial charge in [-0.05, 0) is 77.4 Å². The topological polar surface area (TPSA) is 72.6 Å². The second kappa shape index (κ2) is 7.21. The first-order chi connectivity index (χ1) is 11.6. The summed E-state index contributed by atoms with van der Waals surface area (Å²) in [4.78, 5) is 25.8. The Morgan fingerprint density at radius 3 is 2.62 bits per heavy atom. The quantitative estimate of drug-likeness (QED) is 0.750. The minimum Gasteiger partial charge on any atom is -0.484 e. The van der Waals surface area contributed by atoms with Gasteiger partial charge in [-0.25, -0.2) is 0 Å². The summed E-state index contributed by atoms with van der Waals surface area (Å²) in [5, 5.41) is 0. The van der Waals surface area contributed by atoms with Crippen LogP contribution < -0.4 is 15.4 Å². The van der Waals surface area contributed by atoms with Crippen molar-refractivity contribution in [3.63, 3.8) is 0 Å². The van der Waals surface area contributed by atoms with Crippen LogP contribution in [0.5, 0.6) is 5.75 Å². The van der Waals surface area contributed by atoms with E-state index in [4.69, 9.17) is 10.5 Å². The standard InChI is InChI=1S/C18H17IN2O3/c19-12-6-8-13(9-7-12)24-11-17(22)21-10-2-4-14-15(18(20)23)3-1-5-16(14)21/h1,3,5-9H,2,4,10-11H2,(H2,20,23). The lowest BCUT2D eigenvalue weighted by Gasteiger charge is -2.30. The predicted octanol–water partition coefficient (Wildman–Crippen LogP) is 2.75. The van der Waals surface area contributed by atoms with Crippen molar-refractivity contribution in [3.05, 3.63) is 57.2 Å². The van der Waals surface area contributed by atoms with Gasteiger partial charge in [0.15, 0.2) is 6.61 Å². The molecule has 2 amide bonds. The third kappa shape index (κ3) is 3.53. The highest BCUT2D eigenvalue weighted by Gasteiger charge is 2.25. The molecule has 0 aromatic heterocycles. The van der Waals surface area contributed by atoms with Crippen LogP contribution in [0.15, 0.2) is 42.5 Å². The average Bonchev–Trinajstić information content (AvgIpc) is 2.59. The van der Waals surface area contributed by atoms with Crippen LogP contribution in [-0.4, -0.2) is 25.0 Å². The van der Waals surface area contributed by atoms with Crippen molar-refractivity contribution in [3.8, 4) is 5.75 Å². The molecule has 0 unspecified atom stereocenters. The summed E-state index contributed by atoms with van der Waals surface area (Å²) in [7, 11) is 0. The molecule has 1 aliphatic heterocycles. The van der Waals surface area contributed by atoms with Crippen LogP contribution in [0, 0.1) is 3.57 Å². The molecule has 2 aromatic carbocycles. The van der Waals surface area contributed by atoms with Crippen molar-refractivity contribution >= 4 is 40.1 Å². The SMILES string of the molecule is NC(=O)c1cccc2c1CCCN2C(=O)COc1ccc(I)cc1. The van der Waals surface area contributed by atoms with E-state index in [9.17, 15) is 9.59 Å². The largest absolute Gasteiger partial charge is 0.484 e. The predicted molar refractivity (Wildman–Crippen MR) is 100 cm³/mol. The van der Waals surface area contributed by atoms with E-state index in [1.807, 2.05) is 30.3 Å². The molecule has 5 nitrogen and oxygen atoms in total. The van der Waals surface area contributed by atoms with E-state index in [1.54, 1.807) is 17.0 Å². The van der Waals surface area contributed by atoms with Gasteiger partial charge in [-0.15, -0.1) is 0 Å². The lowest BCUT2D eigenvalue weighted by Crippen LogP contribution is -2.39. The van der Waals surface area contributed by atoms with Gasteiger partial charge >= 0.3 is 0 Å². The van der Waals surface area contributed by atoms with Crippen LogP contribution >= 0.6 is 22.6 Å². The Balaban J connectivity index is 1.76. The zero-order valence-electron chi connectivity index (χ0n) is 13.0. The summed E-state index contributed by atoms with van der Waals surface area (Å²) in [5.74, 6) is 0.0688. The third-order valence-corrected chi connectivity index (χ3v) is 4.71. The molecule has 0 aliphatic carbocycles. The van der Waals surface area contributed by atoms with Crippen LogP contribution in [0.2, 0.25) is 0 Å². The Morgan fingerprint density at radius 2 is 1.92 bits per heavy atom.